The second kappa shape index (κ2) is 8.06. The van der Waals surface area contributed by atoms with Crippen LogP contribution in [-0.4, -0.2) is 79.7 Å². The Morgan fingerprint density at radius 1 is 1.27 bits per heavy atom. The van der Waals surface area contributed by atoms with Gasteiger partial charge in [0.05, 0.1) is 6.33 Å². The van der Waals surface area contributed by atoms with E-state index < -0.39 is 18.0 Å². The number of carboxylic acids is 1. The Hall–Kier alpha value is -2.34. The number of imidazole rings is 1. The van der Waals surface area contributed by atoms with E-state index >= 15 is 0 Å². The van der Waals surface area contributed by atoms with Gasteiger partial charge in [-0.15, -0.1) is 0 Å². The summed E-state index contributed by atoms with van der Waals surface area (Å²) in [4.78, 5) is 25.5. The van der Waals surface area contributed by atoms with Gasteiger partial charge >= 0.3 is 5.97 Å². The monoisotopic (exact) mass is 420 g/mol. The van der Waals surface area contributed by atoms with Crippen molar-refractivity contribution >= 4 is 23.0 Å². The zero-order valence-corrected chi connectivity index (χ0v) is 17.4. The van der Waals surface area contributed by atoms with E-state index in [-0.39, 0.29) is 24.7 Å². The number of unbranched alkanes of at least 4 members (excludes halogenated alkanes) is 1. The molecule has 3 N–H and O–H groups in total. The highest BCUT2D eigenvalue weighted by molar-refractivity contribution is 5.81. The summed E-state index contributed by atoms with van der Waals surface area (Å²) in [6.45, 7) is 5.19. The van der Waals surface area contributed by atoms with Crippen LogP contribution < -0.4 is 5.73 Å². The number of carboxylic acid groups (broad SMARTS) is 1. The average molecular weight is 420 g/mol. The fourth-order valence-corrected chi connectivity index (χ4v) is 4.14. The van der Waals surface area contributed by atoms with Gasteiger partial charge in [0.15, 0.2) is 23.5 Å². The van der Waals surface area contributed by atoms with Crippen molar-refractivity contribution in [2.75, 3.05) is 25.9 Å². The molecule has 11 heteroatoms. The number of rotatable bonds is 8. The fraction of sp³-hybridized carbons (Fsp3) is 0.684. The van der Waals surface area contributed by atoms with Gasteiger partial charge < -0.3 is 30.0 Å². The van der Waals surface area contributed by atoms with Crippen molar-refractivity contribution in [3.63, 3.8) is 0 Å². The summed E-state index contributed by atoms with van der Waals surface area (Å²) in [6.07, 6.45) is 3.44. The standard InChI is InChI=1S/C19H28N6O5/c1-19(2)29-14-11(8-24(3)7-5-4-6-12(26)27)28-18(15(14)30-19)25-10-23-13-16(20)21-9-22-17(13)25/h9-11,14-15,18H,4-8H2,1-3H3,(H,26,27)(H2,20,21,22)/t11-,14-,15-,18-/m1/s1. The fourth-order valence-electron chi connectivity index (χ4n) is 4.14. The number of aromatic nitrogens is 4. The van der Waals surface area contributed by atoms with Gasteiger partial charge in [-0.05, 0) is 40.3 Å². The van der Waals surface area contributed by atoms with Crippen LogP contribution in [0.3, 0.4) is 0 Å². The SMILES string of the molecule is CN(CCCCC(=O)O)C[C@H]1O[C@@H](n2cnc3c(N)ncnc32)[C@@H]2OC(C)(C)O[C@@H]21. The number of hydrogen-bond donors (Lipinski definition) is 2. The summed E-state index contributed by atoms with van der Waals surface area (Å²) in [5.41, 5.74) is 7.03. The van der Waals surface area contributed by atoms with E-state index in [1.54, 1.807) is 6.33 Å². The molecule has 2 fully saturated rings. The molecule has 2 saturated heterocycles. The molecule has 2 aromatic heterocycles. The van der Waals surface area contributed by atoms with Crippen molar-refractivity contribution in [1.29, 1.82) is 0 Å². The van der Waals surface area contributed by atoms with E-state index in [9.17, 15) is 4.79 Å². The van der Waals surface area contributed by atoms with Crippen LogP contribution in [0.1, 0.15) is 39.3 Å². The normalized spacial score (nSPS) is 27.7. The molecule has 0 unspecified atom stereocenters. The molecule has 0 aliphatic carbocycles. The number of likely N-dealkylation sites (N-methyl/N-ethyl adjacent to an activating group) is 1. The second-order valence-electron chi connectivity index (χ2n) is 8.33. The highest BCUT2D eigenvalue weighted by Gasteiger charge is 2.56. The van der Waals surface area contributed by atoms with E-state index in [1.807, 2.05) is 25.5 Å². The van der Waals surface area contributed by atoms with E-state index in [1.165, 1.54) is 6.33 Å². The summed E-state index contributed by atoms with van der Waals surface area (Å²) in [6, 6.07) is 0. The van der Waals surface area contributed by atoms with Crippen molar-refractivity contribution in [3.8, 4) is 0 Å². The van der Waals surface area contributed by atoms with Crippen LogP contribution in [0.15, 0.2) is 12.7 Å². The quantitative estimate of drug-likeness (QED) is 0.595. The first-order chi connectivity index (χ1) is 14.2. The van der Waals surface area contributed by atoms with Gasteiger partial charge in [0, 0.05) is 13.0 Å². The van der Waals surface area contributed by atoms with Crippen LogP contribution in [0.5, 0.6) is 0 Å². The zero-order chi connectivity index (χ0) is 21.5. The first-order valence-electron chi connectivity index (χ1n) is 10.1. The predicted molar refractivity (Wildman–Crippen MR) is 106 cm³/mol. The van der Waals surface area contributed by atoms with Crippen molar-refractivity contribution in [1.82, 2.24) is 24.4 Å². The molecule has 0 bridgehead atoms. The molecular weight excluding hydrogens is 392 g/mol. The van der Waals surface area contributed by atoms with Crippen LogP contribution in [-0.2, 0) is 19.0 Å². The maximum atomic E-state index is 10.7. The number of hydrogen-bond acceptors (Lipinski definition) is 9. The lowest BCUT2D eigenvalue weighted by molar-refractivity contribution is -0.197. The number of nitrogen functional groups attached to an aromatic ring is 1. The Bertz CT molecular complexity index is 918. The summed E-state index contributed by atoms with van der Waals surface area (Å²) in [5, 5.41) is 8.78. The predicted octanol–water partition coefficient (Wildman–Crippen LogP) is 1.01. The van der Waals surface area contributed by atoms with Gasteiger partial charge in [-0.25, -0.2) is 15.0 Å². The maximum Gasteiger partial charge on any atom is 0.303 e. The number of ether oxygens (including phenoxy) is 3. The van der Waals surface area contributed by atoms with E-state index in [2.05, 4.69) is 19.9 Å². The lowest BCUT2D eigenvalue weighted by Crippen LogP contribution is -2.38. The molecule has 4 atom stereocenters. The number of anilines is 1. The first kappa shape index (κ1) is 20.9. The third kappa shape index (κ3) is 4.10. The number of carbonyl (C=O) groups is 1. The third-order valence-electron chi connectivity index (χ3n) is 5.46. The lowest BCUT2D eigenvalue weighted by atomic mass is 10.1. The number of fused-ring (bicyclic) bond motifs is 2. The Morgan fingerprint density at radius 3 is 2.80 bits per heavy atom. The zero-order valence-electron chi connectivity index (χ0n) is 17.4. The molecule has 164 valence electrons. The van der Waals surface area contributed by atoms with E-state index in [4.69, 9.17) is 25.1 Å². The van der Waals surface area contributed by atoms with Crippen molar-refractivity contribution < 1.29 is 24.1 Å². The van der Waals surface area contributed by atoms with Crippen LogP contribution in [0.2, 0.25) is 0 Å². The van der Waals surface area contributed by atoms with Crippen molar-refractivity contribution in [2.24, 2.45) is 0 Å². The number of nitrogens with zero attached hydrogens (tertiary/aromatic N) is 5. The largest absolute Gasteiger partial charge is 0.481 e. The minimum absolute atomic E-state index is 0.185. The molecule has 0 spiro atoms. The van der Waals surface area contributed by atoms with Gasteiger partial charge in [-0.3, -0.25) is 9.36 Å². The van der Waals surface area contributed by atoms with Gasteiger partial charge in [0.2, 0.25) is 0 Å². The highest BCUT2D eigenvalue weighted by Crippen LogP contribution is 2.44. The maximum absolute atomic E-state index is 10.7. The van der Waals surface area contributed by atoms with Gasteiger partial charge in [-0.1, -0.05) is 0 Å². The summed E-state index contributed by atoms with van der Waals surface area (Å²) in [5.74, 6) is -1.17. The molecule has 11 nitrogen and oxygen atoms in total. The summed E-state index contributed by atoms with van der Waals surface area (Å²) < 4.78 is 20.5. The topological polar surface area (TPSA) is 138 Å². The van der Waals surface area contributed by atoms with Crippen LogP contribution in [0.4, 0.5) is 5.82 Å². The second-order valence-corrected chi connectivity index (χ2v) is 8.33. The smallest absolute Gasteiger partial charge is 0.303 e. The third-order valence-corrected chi connectivity index (χ3v) is 5.46. The summed E-state index contributed by atoms with van der Waals surface area (Å²) >= 11 is 0. The van der Waals surface area contributed by atoms with Gasteiger partial charge in [0.1, 0.15) is 30.2 Å². The Balaban J connectivity index is 1.49. The van der Waals surface area contributed by atoms with Gasteiger partial charge in [0.25, 0.3) is 0 Å². The molecule has 4 heterocycles. The summed E-state index contributed by atoms with van der Waals surface area (Å²) in [7, 11) is 1.99. The molecule has 2 aliphatic rings. The Kier molecular flexibility index (Phi) is 5.62. The molecular formula is C19H28N6O5. The molecule has 2 aromatic rings. The molecule has 0 saturated carbocycles. The Morgan fingerprint density at radius 2 is 2.03 bits per heavy atom. The average Bonchev–Trinajstić information content (AvgIpc) is 3.31. The van der Waals surface area contributed by atoms with Crippen molar-refractivity contribution in [3.05, 3.63) is 12.7 Å². The lowest BCUT2D eigenvalue weighted by Gasteiger charge is -2.27. The number of aliphatic carboxylic acids is 1. The molecule has 4 rings (SSSR count). The van der Waals surface area contributed by atoms with Crippen molar-refractivity contribution in [2.45, 2.75) is 63.4 Å². The molecule has 30 heavy (non-hydrogen) atoms. The van der Waals surface area contributed by atoms with Crippen LogP contribution in [0.25, 0.3) is 11.2 Å². The van der Waals surface area contributed by atoms with Gasteiger partial charge in [-0.2, -0.15) is 0 Å². The van der Waals surface area contributed by atoms with E-state index in [0.717, 1.165) is 13.0 Å². The highest BCUT2D eigenvalue weighted by atomic mass is 16.8. The molecule has 0 amide bonds. The van der Waals surface area contributed by atoms with Crippen LogP contribution >= 0.6 is 0 Å². The van der Waals surface area contributed by atoms with E-state index in [0.29, 0.717) is 29.9 Å². The van der Waals surface area contributed by atoms with Crippen LogP contribution in [0, 0.1) is 0 Å². The molecule has 0 radical (unpaired) electrons. The Labute approximate surface area is 174 Å². The molecule has 0 aromatic carbocycles. The first-order valence-corrected chi connectivity index (χ1v) is 10.1. The minimum Gasteiger partial charge on any atom is -0.481 e. The number of nitrogens with two attached hydrogens (primary N) is 1. The molecule has 2 aliphatic heterocycles. The minimum atomic E-state index is -0.766.